The Morgan fingerprint density at radius 3 is 2.78 bits per heavy atom. The number of H-pyrrole nitrogens is 1. The van der Waals surface area contributed by atoms with Gasteiger partial charge in [0.05, 0.1) is 11.4 Å². The molecule has 2 rings (SSSR count). The van der Waals surface area contributed by atoms with Gasteiger partial charge in [0.1, 0.15) is 0 Å². The Labute approximate surface area is 143 Å². The summed E-state index contributed by atoms with van der Waals surface area (Å²) < 4.78 is 0. The van der Waals surface area contributed by atoms with Crippen LogP contribution in [0.5, 0.6) is 0 Å². The molecule has 122 valence electrons. The molecule has 0 saturated heterocycles. The Morgan fingerprint density at radius 1 is 1.39 bits per heavy atom. The lowest BCUT2D eigenvalue weighted by Gasteiger charge is -2.08. The predicted octanol–water partition coefficient (Wildman–Crippen LogP) is 3.59. The van der Waals surface area contributed by atoms with E-state index in [-0.39, 0.29) is 23.1 Å². The molecule has 0 aliphatic heterocycles. The van der Waals surface area contributed by atoms with Crippen LogP contribution in [0.2, 0.25) is 5.02 Å². The fourth-order valence-electron chi connectivity index (χ4n) is 1.82. The summed E-state index contributed by atoms with van der Waals surface area (Å²) in [5.74, 6) is 0.114. The molecule has 0 radical (unpaired) electrons. The van der Waals surface area contributed by atoms with Gasteiger partial charge in [0, 0.05) is 16.8 Å². The monoisotopic (exact) mass is 351 g/mol. The Balaban J connectivity index is 1.99. The van der Waals surface area contributed by atoms with Crippen LogP contribution >= 0.6 is 23.4 Å². The molecular weight excluding hydrogens is 334 g/mol. The highest BCUT2D eigenvalue weighted by Crippen LogP contribution is 2.21. The van der Waals surface area contributed by atoms with E-state index in [1.54, 1.807) is 12.1 Å². The highest BCUT2D eigenvalue weighted by atomic mass is 35.5. The van der Waals surface area contributed by atoms with Crippen LogP contribution in [0.25, 0.3) is 0 Å². The standard InChI is InChI=1S/C16H18ClN3O2S/c1-9(2)13-7-14(21)20-16(19-13)23-8-15(22)18-11-5-4-10(3)12(17)6-11/h4-7,9H,8H2,1-3H3,(H,18,22)(H,19,20,21). The molecule has 0 aliphatic rings. The van der Waals surface area contributed by atoms with E-state index < -0.39 is 0 Å². The van der Waals surface area contributed by atoms with Crippen LogP contribution in [-0.2, 0) is 4.79 Å². The number of carbonyl (C=O) groups excluding carboxylic acids is 1. The van der Waals surface area contributed by atoms with Crippen molar-refractivity contribution in [3.8, 4) is 0 Å². The molecule has 2 N–H and O–H groups in total. The van der Waals surface area contributed by atoms with Gasteiger partial charge < -0.3 is 10.3 Å². The van der Waals surface area contributed by atoms with Gasteiger partial charge in [-0.25, -0.2) is 4.98 Å². The van der Waals surface area contributed by atoms with Crippen LogP contribution in [0.4, 0.5) is 5.69 Å². The van der Waals surface area contributed by atoms with Crippen LogP contribution in [0.3, 0.4) is 0 Å². The molecule has 2 aromatic rings. The second-order valence-corrected chi connectivity index (χ2v) is 6.80. The molecule has 1 aromatic heterocycles. The van der Waals surface area contributed by atoms with Crippen LogP contribution < -0.4 is 10.9 Å². The molecule has 7 heteroatoms. The number of nitrogens with one attached hydrogen (secondary N) is 2. The van der Waals surface area contributed by atoms with Crippen molar-refractivity contribution in [3.63, 3.8) is 0 Å². The van der Waals surface area contributed by atoms with E-state index in [4.69, 9.17) is 11.6 Å². The third kappa shape index (κ3) is 5.11. The zero-order valence-corrected chi connectivity index (χ0v) is 14.7. The van der Waals surface area contributed by atoms with Gasteiger partial charge in [0.2, 0.25) is 5.91 Å². The van der Waals surface area contributed by atoms with Crippen LogP contribution in [-0.4, -0.2) is 21.6 Å². The maximum atomic E-state index is 12.0. The molecular formula is C16H18ClN3O2S. The summed E-state index contributed by atoms with van der Waals surface area (Å²) >= 11 is 7.22. The maximum Gasteiger partial charge on any atom is 0.251 e. The van der Waals surface area contributed by atoms with E-state index in [9.17, 15) is 9.59 Å². The third-order valence-electron chi connectivity index (χ3n) is 3.13. The van der Waals surface area contributed by atoms with Crippen molar-refractivity contribution < 1.29 is 4.79 Å². The highest BCUT2D eigenvalue weighted by molar-refractivity contribution is 7.99. The van der Waals surface area contributed by atoms with Gasteiger partial charge in [-0.15, -0.1) is 0 Å². The average Bonchev–Trinajstić information content (AvgIpc) is 2.48. The Morgan fingerprint density at radius 2 is 2.13 bits per heavy atom. The number of thioether (sulfide) groups is 1. The average molecular weight is 352 g/mol. The van der Waals surface area contributed by atoms with Crippen molar-refractivity contribution in [2.24, 2.45) is 0 Å². The summed E-state index contributed by atoms with van der Waals surface area (Å²) in [6, 6.07) is 6.82. The molecule has 23 heavy (non-hydrogen) atoms. The molecule has 1 aromatic carbocycles. The number of aryl methyl sites for hydroxylation is 1. The number of benzene rings is 1. The van der Waals surface area contributed by atoms with E-state index in [1.807, 2.05) is 26.8 Å². The third-order valence-corrected chi connectivity index (χ3v) is 4.41. The van der Waals surface area contributed by atoms with Gasteiger partial charge in [-0.3, -0.25) is 9.59 Å². The summed E-state index contributed by atoms with van der Waals surface area (Å²) in [5, 5.41) is 3.81. The van der Waals surface area contributed by atoms with Gasteiger partial charge in [0.15, 0.2) is 5.16 Å². The minimum absolute atomic E-state index is 0.149. The number of aromatic nitrogens is 2. The number of nitrogens with zero attached hydrogens (tertiary/aromatic N) is 1. The van der Waals surface area contributed by atoms with Crippen LogP contribution in [0.15, 0.2) is 34.2 Å². The fourth-order valence-corrected chi connectivity index (χ4v) is 2.68. The first-order valence-corrected chi connectivity index (χ1v) is 8.51. The van der Waals surface area contributed by atoms with Crippen molar-refractivity contribution in [1.82, 2.24) is 9.97 Å². The zero-order chi connectivity index (χ0) is 17.0. The van der Waals surface area contributed by atoms with E-state index in [2.05, 4.69) is 15.3 Å². The number of amides is 1. The number of carbonyl (C=O) groups is 1. The van der Waals surface area contributed by atoms with Crippen molar-refractivity contribution in [2.45, 2.75) is 31.8 Å². The highest BCUT2D eigenvalue weighted by Gasteiger charge is 2.09. The summed E-state index contributed by atoms with van der Waals surface area (Å²) in [7, 11) is 0. The first kappa shape index (κ1) is 17.6. The smallest absolute Gasteiger partial charge is 0.251 e. The molecule has 0 aliphatic carbocycles. The van der Waals surface area contributed by atoms with Gasteiger partial charge in [-0.2, -0.15) is 0 Å². The molecule has 0 saturated carbocycles. The second-order valence-electron chi connectivity index (χ2n) is 5.43. The molecule has 0 unspecified atom stereocenters. The second kappa shape index (κ2) is 7.66. The lowest BCUT2D eigenvalue weighted by atomic mass is 10.1. The van der Waals surface area contributed by atoms with E-state index in [0.29, 0.717) is 21.6 Å². The number of hydrogen-bond donors (Lipinski definition) is 2. The van der Waals surface area contributed by atoms with Gasteiger partial charge >= 0.3 is 0 Å². The van der Waals surface area contributed by atoms with Crippen molar-refractivity contribution in [2.75, 3.05) is 11.1 Å². The SMILES string of the molecule is Cc1ccc(NC(=O)CSc2nc(C(C)C)cc(=O)[nH]2)cc1Cl. The van der Waals surface area contributed by atoms with Crippen LogP contribution in [0.1, 0.15) is 31.0 Å². The summed E-state index contributed by atoms with van der Waals surface area (Å²) in [6.07, 6.45) is 0. The normalized spacial score (nSPS) is 10.8. The van der Waals surface area contributed by atoms with Crippen LogP contribution in [0, 0.1) is 6.92 Å². The Bertz CT molecular complexity index is 774. The Hall–Kier alpha value is -1.79. The minimum Gasteiger partial charge on any atom is -0.325 e. The summed E-state index contributed by atoms with van der Waals surface area (Å²) in [4.78, 5) is 30.6. The predicted molar refractivity (Wildman–Crippen MR) is 94.5 cm³/mol. The lowest BCUT2D eigenvalue weighted by Crippen LogP contribution is -2.16. The fraction of sp³-hybridized carbons (Fsp3) is 0.312. The molecule has 1 heterocycles. The first-order valence-electron chi connectivity index (χ1n) is 7.15. The number of hydrogen-bond acceptors (Lipinski definition) is 4. The van der Waals surface area contributed by atoms with Crippen molar-refractivity contribution in [3.05, 3.63) is 50.9 Å². The van der Waals surface area contributed by atoms with Crippen molar-refractivity contribution >= 4 is 35.0 Å². The molecule has 0 fully saturated rings. The van der Waals surface area contributed by atoms with Crippen molar-refractivity contribution in [1.29, 1.82) is 0 Å². The summed E-state index contributed by atoms with van der Waals surface area (Å²) in [6.45, 7) is 5.82. The van der Waals surface area contributed by atoms with Gasteiger partial charge in [-0.1, -0.05) is 43.3 Å². The maximum absolute atomic E-state index is 12.0. The number of anilines is 1. The molecule has 0 spiro atoms. The summed E-state index contributed by atoms with van der Waals surface area (Å²) in [5.41, 5.74) is 2.09. The van der Waals surface area contributed by atoms with E-state index in [0.717, 1.165) is 5.56 Å². The van der Waals surface area contributed by atoms with Gasteiger partial charge in [0.25, 0.3) is 5.56 Å². The largest absolute Gasteiger partial charge is 0.325 e. The number of halogens is 1. The topological polar surface area (TPSA) is 74.8 Å². The quantitative estimate of drug-likeness (QED) is 0.637. The minimum atomic E-state index is -0.211. The Kier molecular flexibility index (Phi) is 5.85. The number of rotatable bonds is 5. The zero-order valence-electron chi connectivity index (χ0n) is 13.1. The number of aromatic amines is 1. The molecule has 5 nitrogen and oxygen atoms in total. The molecule has 0 atom stereocenters. The van der Waals surface area contributed by atoms with E-state index >= 15 is 0 Å². The first-order chi connectivity index (χ1) is 10.8. The molecule has 1 amide bonds. The molecule has 0 bridgehead atoms. The van der Waals surface area contributed by atoms with E-state index in [1.165, 1.54) is 17.8 Å². The van der Waals surface area contributed by atoms with Gasteiger partial charge in [-0.05, 0) is 30.5 Å². The lowest BCUT2D eigenvalue weighted by molar-refractivity contribution is -0.113.